The molecule has 0 aromatic heterocycles. The van der Waals surface area contributed by atoms with E-state index in [1.807, 2.05) is 24.3 Å². The van der Waals surface area contributed by atoms with Gasteiger partial charge in [-0.05, 0) is 18.9 Å². The number of ether oxygens (including phenoxy) is 1. The maximum absolute atomic E-state index is 12.6. The van der Waals surface area contributed by atoms with E-state index in [9.17, 15) is 13.2 Å². The molecule has 1 saturated heterocycles. The van der Waals surface area contributed by atoms with Gasteiger partial charge >= 0.3 is 0 Å². The van der Waals surface area contributed by atoms with E-state index in [2.05, 4.69) is 0 Å². The number of amides is 1. The van der Waals surface area contributed by atoms with Crippen molar-refractivity contribution in [2.45, 2.75) is 19.4 Å². The van der Waals surface area contributed by atoms with Crippen LogP contribution in [0.3, 0.4) is 0 Å². The number of para-hydroxylation sites is 1. The van der Waals surface area contributed by atoms with Gasteiger partial charge in [0.15, 0.2) is 0 Å². The number of rotatable bonds is 5. The average Bonchev–Trinajstić information content (AvgIpc) is 2.54. The smallest absolute Gasteiger partial charge is 0.225 e. The molecule has 0 bridgehead atoms. The van der Waals surface area contributed by atoms with E-state index >= 15 is 0 Å². The predicted molar refractivity (Wildman–Crippen MR) is 88.6 cm³/mol. The number of piperidine rings is 1. The Bertz CT molecular complexity index is 652. The molecule has 1 fully saturated rings. The third-order valence-corrected chi connectivity index (χ3v) is 5.55. The number of methoxy groups -OCH3 is 1. The van der Waals surface area contributed by atoms with Crippen LogP contribution >= 0.6 is 0 Å². The Morgan fingerprint density at radius 1 is 1.30 bits per heavy atom. The molecule has 0 atom stereocenters. The van der Waals surface area contributed by atoms with Gasteiger partial charge < -0.3 is 9.64 Å². The van der Waals surface area contributed by atoms with Gasteiger partial charge in [-0.15, -0.1) is 0 Å². The summed E-state index contributed by atoms with van der Waals surface area (Å²) in [7, 11) is 0.227. The summed E-state index contributed by atoms with van der Waals surface area (Å²) < 4.78 is 29.8. The van der Waals surface area contributed by atoms with Crippen molar-refractivity contribution in [3.05, 3.63) is 29.8 Å². The monoisotopic (exact) mass is 340 g/mol. The van der Waals surface area contributed by atoms with E-state index in [0.717, 1.165) is 11.3 Å². The largest absolute Gasteiger partial charge is 0.496 e. The summed E-state index contributed by atoms with van der Waals surface area (Å²) >= 11 is 0. The highest BCUT2D eigenvalue weighted by atomic mass is 32.2. The Kier molecular flexibility index (Phi) is 5.64. The quantitative estimate of drug-likeness (QED) is 0.811. The van der Waals surface area contributed by atoms with Gasteiger partial charge in [-0.2, -0.15) is 0 Å². The minimum absolute atomic E-state index is 0.0593. The summed E-state index contributed by atoms with van der Waals surface area (Å²) in [5, 5.41) is 0. The third kappa shape index (κ3) is 4.45. The number of sulfonamides is 1. The molecule has 0 aliphatic carbocycles. The lowest BCUT2D eigenvalue weighted by Crippen LogP contribution is -2.42. The van der Waals surface area contributed by atoms with Crippen molar-refractivity contribution in [1.29, 1.82) is 0 Å². The zero-order valence-corrected chi connectivity index (χ0v) is 14.7. The summed E-state index contributed by atoms with van der Waals surface area (Å²) in [6.07, 6.45) is 2.35. The first kappa shape index (κ1) is 17.7. The van der Waals surface area contributed by atoms with Crippen molar-refractivity contribution < 1.29 is 17.9 Å². The van der Waals surface area contributed by atoms with E-state index < -0.39 is 10.0 Å². The number of nitrogens with zero attached hydrogens (tertiary/aromatic N) is 2. The fourth-order valence-electron chi connectivity index (χ4n) is 2.91. The number of hydrogen-bond acceptors (Lipinski definition) is 4. The van der Waals surface area contributed by atoms with Gasteiger partial charge in [0.05, 0.1) is 13.4 Å². The van der Waals surface area contributed by atoms with Gasteiger partial charge in [0.25, 0.3) is 0 Å². The third-order valence-electron chi connectivity index (χ3n) is 4.25. The molecule has 0 unspecified atom stereocenters. The molecule has 1 aromatic rings. The van der Waals surface area contributed by atoms with Crippen LogP contribution in [0.25, 0.3) is 0 Å². The van der Waals surface area contributed by atoms with Crippen LogP contribution in [0.4, 0.5) is 0 Å². The van der Waals surface area contributed by atoms with Crippen molar-refractivity contribution in [2.24, 2.45) is 5.92 Å². The SMILES string of the molecule is COc1ccccc1CN(C)C(=O)C1CCN(S(C)(=O)=O)CC1. The molecule has 6 nitrogen and oxygen atoms in total. The lowest BCUT2D eigenvalue weighted by molar-refractivity contribution is -0.135. The first-order valence-corrected chi connectivity index (χ1v) is 9.49. The summed E-state index contributed by atoms with van der Waals surface area (Å²) in [6, 6.07) is 7.62. The van der Waals surface area contributed by atoms with Gasteiger partial charge in [0.1, 0.15) is 5.75 Å². The molecule has 128 valence electrons. The summed E-state index contributed by atoms with van der Waals surface area (Å²) in [5.41, 5.74) is 0.958. The molecular formula is C16H24N2O4S. The molecule has 0 spiro atoms. The lowest BCUT2D eigenvalue weighted by atomic mass is 9.96. The van der Waals surface area contributed by atoms with Crippen LogP contribution < -0.4 is 4.74 Å². The van der Waals surface area contributed by atoms with Crippen LogP contribution in [0.5, 0.6) is 5.75 Å². The Hall–Kier alpha value is -1.60. The van der Waals surface area contributed by atoms with E-state index in [1.165, 1.54) is 10.6 Å². The molecule has 23 heavy (non-hydrogen) atoms. The van der Waals surface area contributed by atoms with Gasteiger partial charge in [0, 0.05) is 38.2 Å². The van der Waals surface area contributed by atoms with Crippen molar-refractivity contribution >= 4 is 15.9 Å². The second-order valence-electron chi connectivity index (χ2n) is 5.94. The second-order valence-corrected chi connectivity index (χ2v) is 7.92. The molecule has 1 amide bonds. The number of benzene rings is 1. The standard InChI is InChI=1S/C16H24N2O4S/c1-17(12-14-6-4-5-7-15(14)22-2)16(19)13-8-10-18(11-9-13)23(3,20)21/h4-7,13H,8-12H2,1-3H3. The molecule has 1 aliphatic heterocycles. The Labute approximate surface area is 138 Å². The molecule has 0 N–H and O–H groups in total. The van der Waals surface area contributed by atoms with Crippen molar-refractivity contribution in [3.8, 4) is 5.75 Å². The minimum Gasteiger partial charge on any atom is -0.496 e. The van der Waals surface area contributed by atoms with Crippen LogP contribution in [0.15, 0.2) is 24.3 Å². The van der Waals surface area contributed by atoms with Crippen molar-refractivity contribution in [1.82, 2.24) is 9.21 Å². The van der Waals surface area contributed by atoms with Crippen molar-refractivity contribution in [3.63, 3.8) is 0 Å². The molecule has 1 aromatic carbocycles. The van der Waals surface area contributed by atoms with E-state index in [0.29, 0.717) is 32.5 Å². The second kappa shape index (κ2) is 7.31. The molecule has 7 heteroatoms. The Balaban J connectivity index is 1.96. The zero-order valence-electron chi connectivity index (χ0n) is 13.9. The first-order valence-electron chi connectivity index (χ1n) is 7.65. The lowest BCUT2D eigenvalue weighted by Gasteiger charge is -2.31. The fraction of sp³-hybridized carbons (Fsp3) is 0.562. The highest BCUT2D eigenvalue weighted by Gasteiger charge is 2.30. The highest BCUT2D eigenvalue weighted by molar-refractivity contribution is 7.88. The first-order chi connectivity index (χ1) is 10.8. The number of hydrogen-bond donors (Lipinski definition) is 0. The minimum atomic E-state index is -3.16. The average molecular weight is 340 g/mol. The van der Waals surface area contributed by atoms with Gasteiger partial charge in [-0.3, -0.25) is 4.79 Å². The van der Waals surface area contributed by atoms with Crippen LogP contribution in [0, 0.1) is 5.92 Å². The maximum Gasteiger partial charge on any atom is 0.225 e. The molecule has 2 rings (SSSR count). The zero-order chi connectivity index (χ0) is 17.0. The van der Waals surface area contributed by atoms with Crippen LogP contribution in [-0.4, -0.2) is 57.0 Å². The Morgan fingerprint density at radius 3 is 2.48 bits per heavy atom. The molecule has 1 aliphatic rings. The number of carbonyl (C=O) groups is 1. The van der Waals surface area contributed by atoms with Gasteiger partial charge in [0.2, 0.25) is 15.9 Å². The Morgan fingerprint density at radius 2 is 1.91 bits per heavy atom. The van der Waals surface area contributed by atoms with Gasteiger partial charge in [-0.25, -0.2) is 12.7 Å². The van der Waals surface area contributed by atoms with Crippen LogP contribution in [0.1, 0.15) is 18.4 Å². The predicted octanol–water partition coefficient (Wildman–Crippen LogP) is 1.33. The van der Waals surface area contributed by atoms with E-state index in [1.54, 1.807) is 19.1 Å². The number of carbonyl (C=O) groups excluding carboxylic acids is 1. The van der Waals surface area contributed by atoms with E-state index in [-0.39, 0.29) is 11.8 Å². The summed E-state index contributed by atoms with van der Waals surface area (Å²) in [4.78, 5) is 14.3. The highest BCUT2D eigenvalue weighted by Crippen LogP contribution is 2.23. The molecule has 1 heterocycles. The topological polar surface area (TPSA) is 66.9 Å². The van der Waals surface area contributed by atoms with Gasteiger partial charge in [-0.1, -0.05) is 18.2 Å². The molecule has 0 saturated carbocycles. The normalized spacial score (nSPS) is 17.0. The summed E-state index contributed by atoms with van der Waals surface area (Å²) in [6.45, 7) is 1.31. The fourth-order valence-corrected chi connectivity index (χ4v) is 3.79. The molecule has 0 radical (unpaired) electrons. The van der Waals surface area contributed by atoms with Crippen LogP contribution in [-0.2, 0) is 21.4 Å². The van der Waals surface area contributed by atoms with Crippen LogP contribution in [0.2, 0.25) is 0 Å². The molecular weight excluding hydrogens is 316 g/mol. The van der Waals surface area contributed by atoms with E-state index in [4.69, 9.17) is 4.74 Å². The maximum atomic E-state index is 12.6. The summed E-state index contributed by atoms with van der Waals surface area (Å²) in [5.74, 6) is 0.704. The van der Waals surface area contributed by atoms with Crippen molar-refractivity contribution in [2.75, 3.05) is 33.5 Å².